The van der Waals surface area contributed by atoms with Gasteiger partial charge in [-0.15, -0.1) is 0 Å². The van der Waals surface area contributed by atoms with Crippen molar-refractivity contribution in [1.29, 1.82) is 0 Å². The average molecular weight is 254 g/mol. The number of nitrogens with one attached hydrogen (secondary N) is 1. The number of rotatable bonds is 10. The monoisotopic (exact) mass is 254 g/mol. The van der Waals surface area contributed by atoms with Crippen LogP contribution in [0, 0.1) is 0 Å². The first-order valence-corrected chi connectivity index (χ1v) is 6.79. The lowest BCUT2D eigenvalue weighted by Crippen LogP contribution is -2.22. The van der Waals surface area contributed by atoms with Crippen LogP contribution in [0.15, 0.2) is 16.7 Å². The third-order valence-corrected chi connectivity index (χ3v) is 2.71. The molecule has 0 aromatic carbocycles. The SMILES string of the molecule is CCCNCc1coc(CN(C)CCOCC)c1. The largest absolute Gasteiger partial charge is 0.468 e. The first-order valence-electron chi connectivity index (χ1n) is 6.79. The zero-order chi connectivity index (χ0) is 13.2. The molecule has 0 fully saturated rings. The summed E-state index contributed by atoms with van der Waals surface area (Å²) in [7, 11) is 2.08. The maximum atomic E-state index is 5.55. The average Bonchev–Trinajstić information content (AvgIpc) is 2.77. The van der Waals surface area contributed by atoms with Crippen molar-refractivity contribution in [2.45, 2.75) is 33.4 Å². The molecule has 0 spiro atoms. The minimum absolute atomic E-state index is 0.776. The molecule has 0 unspecified atom stereocenters. The number of ether oxygens (including phenoxy) is 1. The maximum absolute atomic E-state index is 5.55. The Kier molecular flexibility index (Phi) is 7.73. The molecule has 1 N–H and O–H groups in total. The summed E-state index contributed by atoms with van der Waals surface area (Å²) in [6, 6.07) is 2.12. The fourth-order valence-electron chi connectivity index (χ4n) is 1.72. The molecule has 4 nitrogen and oxygen atoms in total. The number of hydrogen-bond donors (Lipinski definition) is 1. The van der Waals surface area contributed by atoms with E-state index >= 15 is 0 Å². The standard InChI is InChI=1S/C14H26N2O2/c1-4-6-15-10-13-9-14(18-12-13)11-16(3)7-8-17-5-2/h9,12,15H,4-8,10-11H2,1-3H3. The van der Waals surface area contributed by atoms with Gasteiger partial charge in [0, 0.05) is 25.3 Å². The first-order chi connectivity index (χ1) is 8.76. The topological polar surface area (TPSA) is 37.6 Å². The van der Waals surface area contributed by atoms with Gasteiger partial charge in [-0.05, 0) is 33.0 Å². The van der Waals surface area contributed by atoms with Gasteiger partial charge in [0.05, 0.1) is 19.4 Å². The highest BCUT2D eigenvalue weighted by Crippen LogP contribution is 2.09. The van der Waals surface area contributed by atoms with Crippen LogP contribution in [-0.2, 0) is 17.8 Å². The first kappa shape index (κ1) is 15.2. The van der Waals surface area contributed by atoms with Gasteiger partial charge < -0.3 is 14.5 Å². The highest BCUT2D eigenvalue weighted by atomic mass is 16.5. The predicted molar refractivity (Wildman–Crippen MR) is 73.5 cm³/mol. The molecule has 0 radical (unpaired) electrons. The molecule has 18 heavy (non-hydrogen) atoms. The highest BCUT2D eigenvalue weighted by molar-refractivity contribution is 5.12. The molecule has 4 heteroatoms. The molecule has 0 aliphatic rings. The normalized spacial score (nSPS) is 11.3. The Hall–Kier alpha value is -0.840. The van der Waals surface area contributed by atoms with E-state index in [-0.39, 0.29) is 0 Å². The van der Waals surface area contributed by atoms with Gasteiger partial charge in [0.2, 0.25) is 0 Å². The number of nitrogens with zero attached hydrogens (tertiary/aromatic N) is 1. The Labute approximate surface area is 110 Å². The molecule has 1 aromatic heterocycles. The van der Waals surface area contributed by atoms with E-state index in [0.717, 1.165) is 51.6 Å². The van der Waals surface area contributed by atoms with Gasteiger partial charge in [-0.25, -0.2) is 0 Å². The van der Waals surface area contributed by atoms with Crippen LogP contribution in [0.4, 0.5) is 0 Å². The van der Waals surface area contributed by atoms with Gasteiger partial charge >= 0.3 is 0 Å². The van der Waals surface area contributed by atoms with E-state index in [2.05, 4.69) is 30.3 Å². The fraction of sp³-hybridized carbons (Fsp3) is 0.714. The Morgan fingerprint density at radius 3 is 2.94 bits per heavy atom. The van der Waals surface area contributed by atoms with Crippen molar-refractivity contribution < 1.29 is 9.15 Å². The Bertz CT molecular complexity index is 312. The zero-order valence-electron chi connectivity index (χ0n) is 11.9. The van der Waals surface area contributed by atoms with Crippen LogP contribution in [0.5, 0.6) is 0 Å². The summed E-state index contributed by atoms with van der Waals surface area (Å²) in [5.41, 5.74) is 1.22. The quantitative estimate of drug-likeness (QED) is 0.650. The summed E-state index contributed by atoms with van der Waals surface area (Å²) >= 11 is 0. The van der Waals surface area contributed by atoms with E-state index in [0.29, 0.717) is 0 Å². The molecule has 0 aliphatic carbocycles. The lowest BCUT2D eigenvalue weighted by molar-refractivity contribution is 0.118. The van der Waals surface area contributed by atoms with Crippen molar-refractivity contribution in [2.75, 3.05) is 33.4 Å². The van der Waals surface area contributed by atoms with E-state index in [4.69, 9.17) is 9.15 Å². The molecule has 104 valence electrons. The molecule has 1 rings (SSSR count). The summed E-state index contributed by atoms with van der Waals surface area (Å²) in [4.78, 5) is 2.21. The Morgan fingerprint density at radius 1 is 1.39 bits per heavy atom. The van der Waals surface area contributed by atoms with E-state index in [1.54, 1.807) is 0 Å². The van der Waals surface area contributed by atoms with Gasteiger partial charge in [-0.1, -0.05) is 6.92 Å². The minimum Gasteiger partial charge on any atom is -0.468 e. The molecule has 0 aliphatic heterocycles. The molecule has 0 saturated heterocycles. The molecule has 0 atom stereocenters. The van der Waals surface area contributed by atoms with Crippen molar-refractivity contribution in [3.05, 3.63) is 23.7 Å². The van der Waals surface area contributed by atoms with E-state index in [1.165, 1.54) is 5.56 Å². The number of likely N-dealkylation sites (N-methyl/N-ethyl adjacent to an activating group) is 1. The van der Waals surface area contributed by atoms with Crippen molar-refractivity contribution in [3.63, 3.8) is 0 Å². The summed E-state index contributed by atoms with van der Waals surface area (Å²) in [5.74, 6) is 1.02. The summed E-state index contributed by atoms with van der Waals surface area (Å²) in [6.07, 6.45) is 3.00. The number of furan rings is 1. The molecule has 1 aromatic rings. The van der Waals surface area contributed by atoms with Gasteiger partial charge in [0.15, 0.2) is 0 Å². The summed E-state index contributed by atoms with van der Waals surface area (Å²) < 4.78 is 10.9. The molecular weight excluding hydrogens is 228 g/mol. The molecular formula is C14H26N2O2. The fourth-order valence-corrected chi connectivity index (χ4v) is 1.72. The van der Waals surface area contributed by atoms with Gasteiger partial charge in [-0.2, -0.15) is 0 Å². The van der Waals surface area contributed by atoms with Crippen molar-refractivity contribution in [1.82, 2.24) is 10.2 Å². The van der Waals surface area contributed by atoms with E-state index in [9.17, 15) is 0 Å². The van der Waals surface area contributed by atoms with Crippen LogP contribution < -0.4 is 5.32 Å². The molecule has 1 heterocycles. The van der Waals surface area contributed by atoms with Gasteiger partial charge in [0.25, 0.3) is 0 Å². The van der Waals surface area contributed by atoms with Crippen molar-refractivity contribution in [2.24, 2.45) is 0 Å². The highest BCUT2D eigenvalue weighted by Gasteiger charge is 2.05. The van der Waals surface area contributed by atoms with Gasteiger partial charge in [0.1, 0.15) is 5.76 Å². The third kappa shape index (κ3) is 6.19. The zero-order valence-corrected chi connectivity index (χ0v) is 11.9. The second-order valence-corrected chi connectivity index (χ2v) is 4.53. The summed E-state index contributed by atoms with van der Waals surface area (Å²) in [6.45, 7) is 9.44. The predicted octanol–water partition coefficient (Wildman–Crippen LogP) is 2.25. The maximum Gasteiger partial charge on any atom is 0.118 e. The van der Waals surface area contributed by atoms with Crippen LogP contribution in [0.2, 0.25) is 0 Å². The molecule has 0 bridgehead atoms. The van der Waals surface area contributed by atoms with Crippen LogP contribution >= 0.6 is 0 Å². The lowest BCUT2D eigenvalue weighted by atomic mass is 10.3. The number of hydrogen-bond acceptors (Lipinski definition) is 4. The van der Waals surface area contributed by atoms with Crippen LogP contribution in [0.1, 0.15) is 31.6 Å². The van der Waals surface area contributed by atoms with Crippen LogP contribution in [0.25, 0.3) is 0 Å². The van der Waals surface area contributed by atoms with Crippen molar-refractivity contribution >= 4 is 0 Å². The minimum atomic E-state index is 0.776. The smallest absolute Gasteiger partial charge is 0.118 e. The Morgan fingerprint density at radius 2 is 2.22 bits per heavy atom. The van der Waals surface area contributed by atoms with Gasteiger partial charge in [-0.3, -0.25) is 4.90 Å². The molecule has 0 saturated carbocycles. The van der Waals surface area contributed by atoms with Crippen LogP contribution in [0.3, 0.4) is 0 Å². The second-order valence-electron chi connectivity index (χ2n) is 4.53. The summed E-state index contributed by atoms with van der Waals surface area (Å²) in [5, 5.41) is 3.37. The molecule has 0 amide bonds. The second kappa shape index (κ2) is 9.14. The third-order valence-electron chi connectivity index (χ3n) is 2.71. The van der Waals surface area contributed by atoms with Crippen LogP contribution in [-0.4, -0.2) is 38.3 Å². The Balaban J connectivity index is 2.25. The lowest BCUT2D eigenvalue weighted by Gasteiger charge is -2.14. The van der Waals surface area contributed by atoms with E-state index < -0.39 is 0 Å². The van der Waals surface area contributed by atoms with E-state index in [1.807, 2.05) is 13.2 Å². The van der Waals surface area contributed by atoms with Crippen molar-refractivity contribution in [3.8, 4) is 0 Å².